The summed E-state index contributed by atoms with van der Waals surface area (Å²) in [6.45, 7) is 6.80. The molecule has 0 amide bonds. The Balaban J connectivity index is 3.13. The predicted octanol–water partition coefficient (Wildman–Crippen LogP) is 0.548. The van der Waals surface area contributed by atoms with Gasteiger partial charge in [0.05, 0.1) is 16.7 Å². The van der Waals surface area contributed by atoms with Crippen LogP contribution in [0, 0.1) is 0 Å². The van der Waals surface area contributed by atoms with E-state index in [1.54, 1.807) is 33.8 Å². The molecule has 1 aliphatic rings. The van der Waals surface area contributed by atoms with E-state index in [9.17, 15) is 10.0 Å². The van der Waals surface area contributed by atoms with Crippen molar-refractivity contribution in [1.82, 2.24) is 5.06 Å². The van der Waals surface area contributed by atoms with Crippen LogP contribution < -0.4 is 5.90 Å². The van der Waals surface area contributed by atoms with E-state index in [1.807, 2.05) is 0 Å². The topological polar surface area (TPSA) is 75.5 Å². The average molecular weight is 199 g/mol. The second-order valence-electron chi connectivity index (χ2n) is 4.47. The molecule has 1 heterocycles. The van der Waals surface area contributed by atoms with Crippen molar-refractivity contribution in [2.75, 3.05) is 0 Å². The first-order valence-electron chi connectivity index (χ1n) is 4.35. The second kappa shape index (κ2) is 3.05. The van der Waals surface area contributed by atoms with Crippen molar-refractivity contribution in [3.63, 3.8) is 0 Å². The summed E-state index contributed by atoms with van der Waals surface area (Å²) in [5, 5.41) is 12.7. The maximum absolute atomic E-state index is 11.8. The second-order valence-corrected chi connectivity index (χ2v) is 4.47. The fourth-order valence-electron chi connectivity index (χ4n) is 1.79. The number of rotatable bonds is 1. The zero-order valence-corrected chi connectivity index (χ0v) is 8.83. The van der Waals surface area contributed by atoms with Gasteiger partial charge in [0.1, 0.15) is 0 Å². The van der Waals surface area contributed by atoms with Crippen LogP contribution in [-0.2, 0) is 14.8 Å². The van der Waals surface area contributed by atoms with Crippen LogP contribution in [0.5, 0.6) is 0 Å². The van der Waals surface area contributed by atoms with Crippen LogP contribution in [0.15, 0.2) is 11.6 Å². The Hall–Kier alpha value is -0.910. The lowest BCUT2D eigenvalue weighted by atomic mass is 9.97. The number of hydrogen-bond donors (Lipinski definition) is 1. The number of hydrogen-bond acceptors (Lipinski definition) is 4. The molecule has 0 aromatic rings. The third-order valence-corrected chi connectivity index (χ3v) is 2.51. The van der Waals surface area contributed by atoms with Gasteiger partial charge in [-0.15, -0.1) is 10.3 Å². The average Bonchev–Trinajstić information content (AvgIpc) is 2.25. The van der Waals surface area contributed by atoms with Crippen LogP contribution >= 0.6 is 0 Å². The molecule has 0 saturated carbocycles. The summed E-state index contributed by atoms with van der Waals surface area (Å²) in [6.07, 6.45) is 1.59. The number of hydroxylamine groups is 2. The van der Waals surface area contributed by atoms with Crippen LogP contribution in [0.25, 0.3) is 0 Å². The molecule has 0 spiro atoms. The van der Waals surface area contributed by atoms with Crippen molar-refractivity contribution in [2.45, 2.75) is 38.8 Å². The van der Waals surface area contributed by atoms with Gasteiger partial charge in [0, 0.05) is 0 Å². The monoisotopic (exact) mass is 199 g/mol. The molecule has 0 fully saturated rings. The highest BCUT2D eigenvalue weighted by Gasteiger charge is 2.49. The standard InChI is InChI=1S/C9H15N2O3/c1-8(2)5-6(7(12)14-10)9(3,4)11(8)13/h5H,10H2,1-4H3. The lowest BCUT2D eigenvalue weighted by molar-refractivity contribution is -0.239. The molecule has 1 aliphatic heterocycles. The minimum absolute atomic E-state index is 0.306. The van der Waals surface area contributed by atoms with E-state index in [1.165, 1.54) is 0 Å². The molecular formula is C9H15N2O3. The number of nitrogens with zero attached hydrogens (tertiary/aromatic N) is 1. The number of nitrogens with two attached hydrogens (primary N) is 1. The quantitative estimate of drug-likeness (QED) is 0.626. The van der Waals surface area contributed by atoms with Gasteiger partial charge in [-0.1, -0.05) is 0 Å². The molecule has 0 aromatic carbocycles. The largest absolute Gasteiger partial charge is 0.370 e. The van der Waals surface area contributed by atoms with Gasteiger partial charge in [-0.2, -0.15) is 5.90 Å². The van der Waals surface area contributed by atoms with Gasteiger partial charge in [-0.05, 0) is 33.8 Å². The van der Waals surface area contributed by atoms with Crippen LogP contribution in [0.1, 0.15) is 27.7 Å². The summed E-state index contributed by atoms with van der Waals surface area (Å²) in [4.78, 5) is 15.4. The Morgan fingerprint density at radius 3 is 2.21 bits per heavy atom. The molecule has 0 aliphatic carbocycles. The van der Waals surface area contributed by atoms with Gasteiger partial charge in [0.15, 0.2) is 0 Å². The molecule has 1 radical (unpaired) electrons. The van der Waals surface area contributed by atoms with Gasteiger partial charge >= 0.3 is 5.97 Å². The van der Waals surface area contributed by atoms with E-state index in [-0.39, 0.29) is 0 Å². The smallest absolute Gasteiger partial charge is 0.354 e. The fourth-order valence-corrected chi connectivity index (χ4v) is 1.79. The molecule has 1 rings (SSSR count). The van der Waals surface area contributed by atoms with E-state index < -0.39 is 17.0 Å². The lowest BCUT2D eigenvalue weighted by Crippen LogP contribution is -2.47. The molecular weight excluding hydrogens is 184 g/mol. The van der Waals surface area contributed by atoms with Gasteiger partial charge in [0.2, 0.25) is 0 Å². The van der Waals surface area contributed by atoms with Crippen molar-refractivity contribution >= 4 is 5.97 Å². The summed E-state index contributed by atoms with van der Waals surface area (Å²) >= 11 is 0. The van der Waals surface area contributed by atoms with Crippen LogP contribution in [0.4, 0.5) is 0 Å². The fraction of sp³-hybridized carbons (Fsp3) is 0.667. The lowest BCUT2D eigenvalue weighted by Gasteiger charge is -2.33. The maximum atomic E-state index is 11.8. The molecule has 5 nitrogen and oxygen atoms in total. The molecule has 0 saturated heterocycles. The molecule has 79 valence electrons. The SMILES string of the molecule is CC1(C)C=C(C(=O)ON)C(C)(C)N1[O]. The summed E-state index contributed by atoms with van der Waals surface area (Å²) in [6, 6.07) is 0. The zero-order chi connectivity index (χ0) is 11.1. The number of carbonyl (C=O) groups excluding carboxylic acids is 1. The minimum atomic E-state index is -0.889. The predicted molar refractivity (Wildman–Crippen MR) is 49.0 cm³/mol. The van der Waals surface area contributed by atoms with Gasteiger partial charge < -0.3 is 4.84 Å². The van der Waals surface area contributed by atoms with E-state index in [4.69, 9.17) is 5.90 Å². The molecule has 0 atom stereocenters. The van der Waals surface area contributed by atoms with E-state index in [0.717, 1.165) is 5.06 Å². The van der Waals surface area contributed by atoms with Crippen molar-refractivity contribution in [2.24, 2.45) is 5.90 Å². The summed E-state index contributed by atoms with van der Waals surface area (Å²) < 4.78 is 0. The summed E-state index contributed by atoms with van der Waals surface area (Å²) in [5.41, 5.74) is -1.28. The summed E-state index contributed by atoms with van der Waals surface area (Å²) in [7, 11) is 0. The molecule has 0 aromatic heterocycles. The highest BCUT2D eigenvalue weighted by molar-refractivity contribution is 5.91. The highest BCUT2D eigenvalue weighted by Crippen LogP contribution is 2.38. The third kappa shape index (κ3) is 1.43. The van der Waals surface area contributed by atoms with E-state index in [0.29, 0.717) is 5.57 Å². The molecule has 14 heavy (non-hydrogen) atoms. The van der Waals surface area contributed by atoms with Crippen molar-refractivity contribution in [3.05, 3.63) is 11.6 Å². The van der Waals surface area contributed by atoms with Gasteiger partial charge in [0.25, 0.3) is 0 Å². The first kappa shape index (κ1) is 11.2. The number of carbonyl (C=O) groups is 1. The van der Waals surface area contributed by atoms with Crippen molar-refractivity contribution < 1.29 is 14.8 Å². The minimum Gasteiger partial charge on any atom is -0.370 e. The summed E-state index contributed by atoms with van der Waals surface area (Å²) in [5.74, 6) is 4.14. The first-order valence-corrected chi connectivity index (χ1v) is 4.35. The zero-order valence-electron chi connectivity index (χ0n) is 8.83. The Morgan fingerprint density at radius 2 is 1.93 bits per heavy atom. The van der Waals surface area contributed by atoms with Gasteiger partial charge in [-0.25, -0.2) is 4.79 Å². The molecule has 0 unspecified atom stereocenters. The third-order valence-electron chi connectivity index (χ3n) is 2.51. The van der Waals surface area contributed by atoms with Crippen LogP contribution in [0.3, 0.4) is 0 Å². The molecule has 2 N–H and O–H groups in total. The highest BCUT2D eigenvalue weighted by atomic mass is 16.7. The maximum Gasteiger partial charge on any atom is 0.354 e. The normalized spacial score (nSPS) is 24.6. The Labute approximate surface area is 83.0 Å². The molecule has 5 heteroatoms. The Kier molecular flexibility index (Phi) is 2.43. The van der Waals surface area contributed by atoms with Crippen LogP contribution in [0.2, 0.25) is 0 Å². The van der Waals surface area contributed by atoms with Crippen molar-refractivity contribution in [3.8, 4) is 0 Å². The molecule has 0 bridgehead atoms. The van der Waals surface area contributed by atoms with Gasteiger partial charge in [-0.3, -0.25) is 0 Å². The van der Waals surface area contributed by atoms with E-state index in [2.05, 4.69) is 4.84 Å². The van der Waals surface area contributed by atoms with Crippen LogP contribution in [-0.4, -0.2) is 22.1 Å². The first-order chi connectivity index (χ1) is 6.23. The van der Waals surface area contributed by atoms with Crippen molar-refractivity contribution in [1.29, 1.82) is 0 Å². The van der Waals surface area contributed by atoms with E-state index >= 15 is 0 Å². The Morgan fingerprint density at radius 1 is 1.43 bits per heavy atom. The Bertz CT molecular complexity index is 294.